The molecule has 0 saturated heterocycles. The van der Waals surface area contributed by atoms with Crippen molar-refractivity contribution >= 4 is 38.5 Å². The Labute approximate surface area is 208 Å². The fraction of sp³-hybridized carbons (Fsp3) is 0.111. The van der Waals surface area contributed by atoms with Crippen molar-refractivity contribution in [3.63, 3.8) is 0 Å². The molecule has 0 aromatic heterocycles. The molecule has 184 valence electrons. The highest BCUT2D eigenvalue weighted by molar-refractivity contribution is 7.87. The first-order chi connectivity index (χ1) is 17.2. The molecular weight excluding hydrogens is 482 g/mol. The maximum Gasteiger partial charge on any atom is 0.339 e. The van der Waals surface area contributed by atoms with Gasteiger partial charge in [-0.05, 0) is 65.7 Å². The van der Waals surface area contributed by atoms with Crippen LogP contribution in [0.15, 0.2) is 83.8 Å². The molecule has 0 radical (unpaired) electrons. The summed E-state index contributed by atoms with van der Waals surface area (Å²) in [4.78, 5) is 25.0. The fourth-order valence-electron chi connectivity index (χ4n) is 3.64. The van der Waals surface area contributed by atoms with Gasteiger partial charge in [-0.2, -0.15) is 8.42 Å². The highest BCUT2D eigenvalue weighted by Gasteiger charge is 2.24. The molecule has 0 fully saturated rings. The van der Waals surface area contributed by atoms with Crippen molar-refractivity contribution in [3.05, 3.63) is 95.6 Å². The molecule has 0 bridgehead atoms. The van der Waals surface area contributed by atoms with Crippen LogP contribution in [0.25, 0.3) is 10.8 Å². The topological polar surface area (TPSA) is 108 Å². The third-order valence-electron chi connectivity index (χ3n) is 5.44. The van der Waals surface area contributed by atoms with E-state index in [4.69, 9.17) is 8.92 Å². The minimum absolute atomic E-state index is 0.00459. The van der Waals surface area contributed by atoms with Crippen LogP contribution in [0, 0.1) is 6.92 Å². The Bertz CT molecular complexity index is 1580. The van der Waals surface area contributed by atoms with Gasteiger partial charge in [-0.15, -0.1) is 0 Å². The van der Waals surface area contributed by atoms with Crippen LogP contribution in [-0.4, -0.2) is 34.5 Å². The zero-order valence-corrected chi connectivity index (χ0v) is 20.6. The summed E-state index contributed by atoms with van der Waals surface area (Å²) < 4.78 is 41.8. The second-order valence-electron chi connectivity index (χ2n) is 7.91. The van der Waals surface area contributed by atoms with Gasteiger partial charge in [0.25, 0.3) is 5.91 Å². The SMILES string of the molecule is COC(=O)c1cccc(S(=O)(=O)Oc2cc3ccccc3cc2C(=O)Nc2cc(C)ccc2OC)c1. The average molecular weight is 506 g/mol. The summed E-state index contributed by atoms with van der Waals surface area (Å²) in [5.41, 5.74) is 1.37. The Morgan fingerprint density at radius 3 is 2.22 bits per heavy atom. The number of fused-ring (bicyclic) bond motifs is 1. The van der Waals surface area contributed by atoms with Crippen molar-refractivity contribution in [2.24, 2.45) is 0 Å². The number of amides is 1. The number of hydrogen-bond donors (Lipinski definition) is 1. The van der Waals surface area contributed by atoms with Gasteiger partial charge in [-0.3, -0.25) is 4.79 Å². The standard InChI is InChI=1S/C27H23NO7S/c1-17-11-12-24(33-2)23(13-17)28-26(29)22-15-18-7-4-5-8-19(18)16-25(22)35-36(31,32)21-10-6-9-20(14-21)27(30)34-3/h4-16H,1-3H3,(H,28,29). The van der Waals surface area contributed by atoms with E-state index in [0.717, 1.165) is 17.0 Å². The molecule has 0 aliphatic heterocycles. The van der Waals surface area contributed by atoms with Crippen LogP contribution >= 0.6 is 0 Å². The zero-order chi connectivity index (χ0) is 25.9. The summed E-state index contributed by atoms with van der Waals surface area (Å²) in [7, 11) is -1.72. The van der Waals surface area contributed by atoms with E-state index in [1.165, 1.54) is 38.5 Å². The molecule has 0 spiro atoms. The predicted molar refractivity (Wildman–Crippen MR) is 135 cm³/mol. The van der Waals surface area contributed by atoms with Crippen LogP contribution in [0.3, 0.4) is 0 Å². The number of benzene rings is 4. The molecule has 0 atom stereocenters. The van der Waals surface area contributed by atoms with Gasteiger partial charge in [-0.1, -0.05) is 36.4 Å². The fourth-order valence-corrected chi connectivity index (χ4v) is 4.62. The number of rotatable bonds is 7. The third-order valence-corrected chi connectivity index (χ3v) is 6.67. The molecule has 0 aliphatic carbocycles. The largest absolute Gasteiger partial charge is 0.495 e. The lowest BCUT2D eigenvalue weighted by molar-refractivity contribution is 0.0600. The second-order valence-corrected chi connectivity index (χ2v) is 9.46. The maximum atomic E-state index is 13.4. The van der Waals surface area contributed by atoms with Gasteiger partial charge in [-0.25, -0.2) is 4.79 Å². The van der Waals surface area contributed by atoms with Crippen molar-refractivity contribution in [1.82, 2.24) is 0 Å². The third kappa shape index (κ3) is 5.16. The first-order valence-corrected chi connectivity index (χ1v) is 12.2. The first kappa shape index (κ1) is 24.7. The van der Waals surface area contributed by atoms with Crippen molar-refractivity contribution in [2.75, 3.05) is 19.5 Å². The maximum absolute atomic E-state index is 13.4. The molecule has 0 aliphatic rings. The number of methoxy groups -OCH3 is 2. The summed E-state index contributed by atoms with van der Waals surface area (Å²) in [5.74, 6) is -0.992. The van der Waals surface area contributed by atoms with Crippen molar-refractivity contribution < 1.29 is 31.7 Å². The molecule has 36 heavy (non-hydrogen) atoms. The number of esters is 1. The highest BCUT2D eigenvalue weighted by Crippen LogP contribution is 2.31. The van der Waals surface area contributed by atoms with E-state index in [2.05, 4.69) is 10.1 Å². The van der Waals surface area contributed by atoms with E-state index in [-0.39, 0.29) is 21.8 Å². The van der Waals surface area contributed by atoms with Crippen LogP contribution in [0.4, 0.5) is 5.69 Å². The normalized spacial score (nSPS) is 11.1. The number of carbonyl (C=O) groups excluding carboxylic acids is 2. The van der Waals surface area contributed by atoms with E-state index < -0.39 is 22.0 Å². The summed E-state index contributed by atoms with van der Waals surface area (Å²) >= 11 is 0. The minimum atomic E-state index is -4.41. The van der Waals surface area contributed by atoms with Crippen LogP contribution in [0.1, 0.15) is 26.3 Å². The van der Waals surface area contributed by atoms with Crippen LogP contribution in [-0.2, 0) is 14.9 Å². The molecule has 1 N–H and O–H groups in total. The summed E-state index contributed by atoms with van der Waals surface area (Å²) in [5, 5.41) is 4.18. The highest BCUT2D eigenvalue weighted by atomic mass is 32.2. The van der Waals surface area contributed by atoms with E-state index in [1.807, 2.05) is 19.1 Å². The van der Waals surface area contributed by atoms with E-state index in [9.17, 15) is 18.0 Å². The second kappa shape index (κ2) is 10.1. The quantitative estimate of drug-likeness (QED) is 0.279. The number of hydrogen-bond acceptors (Lipinski definition) is 7. The molecule has 4 aromatic rings. The molecule has 4 aromatic carbocycles. The summed E-state index contributed by atoms with van der Waals surface area (Å²) in [6, 6.07) is 20.8. The smallest absolute Gasteiger partial charge is 0.339 e. The molecule has 0 unspecified atom stereocenters. The monoisotopic (exact) mass is 505 g/mol. The summed E-state index contributed by atoms with van der Waals surface area (Å²) in [6.45, 7) is 1.87. The number of anilines is 1. The van der Waals surface area contributed by atoms with Crippen molar-refractivity contribution in [3.8, 4) is 11.5 Å². The molecule has 4 rings (SSSR count). The molecular formula is C27H23NO7S. The molecule has 1 amide bonds. The van der Waals surface area contributed by atoms with Gasteiger partial charge in [0.05, 0.1) is 31.0 Å². The number of nitrogens with one attached hydrogen (secondary N) is 1. The minimum Gasteiger partial charge on any atom is -0.495 e. The lowest BCUT2D eigenvalue weighted by atomic mass is 10.1. The van der Waals surface area contributed by atoms with Gasteiger partial charge in [0.1, 0.15) is 10.6 Å². The van der Waals surface area contributed by atoms with Gasteiger partial charge in [0.15, 0.2) is 5.75 Å². The Balaban J connectivity index is 1.77. The van der Waals surface area contributed by atoms with E-state index in [1.54, 1.807) is 36.4 Å². The van der Waals surface area contributed by atoms with Crippen molar-refractivity contribution in [2.45, 2.75) is 11.8 Å². The van der Waals surface area contributed by atoms with Crippen molar-refractivity contribution in [1.29, 1.82) is 0 Å². The predicted octanol–water partition coefficient (Wildman–Crippen LogP) is 4.96. The zero-order valence-electron chi connectivity index (χ0n) is 19.8. The Hall–Kier alpha value is -4.37. The summed E-state index contributed by atoms with van der Waals surface area (Å²) in [6.07, 6.45) is 0. The molecule has 0 heterocycles. The lowest BCUT2D eigenvalue weighted by Crippen LogP contribution is -2.17. The number of ether oxygens (including phenoxy) is 2. The van der Waals surface area contributed by atoms with Gasteiger partial charge < -0.3 is 19.0 Å². The number of carbonyl (C=O) groups is 2. The van der Waals surface area contributed by atoms with E-state index >= 15 is 0 Å². The lowest BCUT2D eigenvalue weighted by Gasteiger charge is -2.15. The number of aryl methyl sites for hydroxylation is 1. The molecule has 0 saturated carbocycles. The molecule has 9 heteroatoms. The van der Waals surface area contributed by atoms with E-state index in [0.29, 0.717) is 16.8 Å². The van der Waals surface area contributed by atoms with Crippen LogP contribution < -0.4 is 14.2 Å². The first-order valence-electron chi connectivity index (χ1n) is 10.8. The van der Waals surface area contributed by atoms with Crippen LogP contribution in [0.5, 0.6) is 11.5 Å². The van der Waals surface area contributed by atoms with Gasteiger partial charge in [0, 0.05) is 0 Å². The van der Waals surface area contributed by atoms with Gasteiger partial charge in [0.2, 0.25) is 0 Å². The average Bonchev–Trinajstić information content (AvgIpc) is 2.87. The Kier molecular flexibility index (Phi) is 6.93. The Morgan fingerprint density at radius 2 is 1.53 bits per heavy atom. The Morgan fingerprint density at radius 1 is 0.806 bits per heavy atom. The van der Waals surface area contributed by atoms with Crippen LogP contribution in [0.2, 0.25) is 0 Å². The molecule has 8 nitrogen and oxygen atoms in total. The van der Waals surface area contributed by atoms with Gasteiger partial charge >= 0.3 is 16.1 Å².